The van der Waals surface area contributed by atoms with Crippen molar-refractivity contribution in [2.45, 2.75) is 58.0 Å². The van der Waals surface area contributed by atoms with Crippen molar-refractivity contribution in [3.63, 3.8) is 0 Å². The highest BCUT2D eigenvalue weighted by molar-refractivity contribution is 5.96. The second kappa shape index (κ2) is 9.22. The zero-order valence-corrected chi connectivity index (χ0v) is 16.6. The molecule has 1 saturated carbocycles. The smallest absolute Gasteiger partial charge is 0.321 e. The molecule has 1 aromatic rings. The number of urea groups is 1. The Bertz CT molecular complexity index is 649. The quantitative estimate of drug-likeness (QED) is 0.744. The Balaban J connectivity index is 1.45. The van der Waals surface area contributed by atoms with E-state index in [2.05, 4.69) is 46.7 Å². The SMILES string of the molecule is Cc1ccccc1N1CC[NH+]([C@@H](C)C(=O)NC(=O)NC2CCCCC2)CC1. The molecule has 1 aromatic carbocycles. The minimum Gasteiger partial charge on any atom is -0.360 e. The number of piperazine rings is 1. The molecular formula is C21H33N4O2+. The van der Waals surface area contributed by atoms with Crippen LogP contribution in [-0.2, 0) is 4.79 Å². The molecule has 0 spiro atoms. The number of hydrogen-bond acceptors (Lipinski definition) is 3. The third kappa shape index (κ3) is 5.22. The van der Waals surface area contributed by atoms with Gasteiger partial charge in [-0.3, -0.25) is 10.1 Å². The fourth-order valence-corrected chi connectivity index (χ4v) is 4.26. The fraction of sp³-hybridized carbons (Fsp3) is 0.619. The maximum atomic E-state index is 12.5. The lowest BCUT2D eigenvalue weighted by atomic mass is 9.96. The van der Waals surface area contributed by atoms with Gasteiger partial charge in [0.2, 0.25) is 0 Å². The van der Waals surface area contributed by atoms with Crippen LogP contribution in [-0.4, -0.2) is 50.2 Å². The number of benzene rings is 1. The van der Waals surface area contributed by atoms with Crippen LogP contribution in [0.3, 0.4) is 0 Å². The van der Waals surface area contributed by atoms with Gasteiger partial charge in [-0.1, -0.05) is 37.5 Å². The molecule has 1 atom stereocenters. The summed E-state index contributed by atoms with van der Waals surface area (Å²) in [6, 6.07) is 8.08. The molecule has 3 N–H and O–H groups in total. The molecule has 27 heavy (non-hydrogen) atoms. The van der Waals surface area contributed by atoms with Gasteiger partial charge in [-0.2, -0.15) is 0 Å². The van der Waals surface area contributed by atoms with E-state index in [0.29, 0.717) is 0 Å². The van der Waals surface area contributed by atoms with Crippen molar-refractivity contribution in [3.05, 3.63) is 29.8 Å². The first-order chi connectivity index (χ1) is 13.0. The molecule has 1 aliphatic carbocycles. The standard InChI is InChI=1S/C21H32N4O2/c1-16-8-6-7-11-19(16)25-14-12-24(13-15-25)17(2)20(26)23-21(27)22-18-9-4-3-5-10-18/h6-8,11,17-18H,3-5,9-10,12-15H2,1-2H3,(H2,22,23,26,27)/p+1/t17-/m0/s1. The normalized spacial score (nSPS) is 20.1. The maximum absolute atomic E-state index is 12.5. The Morgan fingerprint density at radius 3 is 2.44 bits per heavy atom. The van der Waals surface area contributed by atoms with Crippen LogP contribution < -0.4 is 20.4 Å². The van der Waals surface area contributed by atoms with E-state index in [1.165, 1.54) is 22.6 Å². The van der Waals surface area contributed by atoms with Crippen LogP contribution in [0.25, 0.3) is 0 Å². The van der Waals surface area contributed by atoms with E-state index in [1.54, 1.807) is 0 Å². The molecule has 6 heteroatoms. The van der Waals surface area contributed by atoms with Crippen molar-refractivity contribution in [1.29, 1.82) is 0 Å². The Morgan fingerprint density at radius 2 is 1.78 bits per heavy atom. The van der Waals surface area contributed by atoms with E-state index in [1.807, 2.05) is 6.92 Å². The highest BCUT2D eigenvalue weighted by Gasteiger charge is 2.30. The van der Waals surface area contributed by atoms with Gasteiger partial charge < -0.3 is 15.1 Å². The summed E-state index contributed by atoms with van der Waals surface area (Å²) in [7, 11) is 0. The second-order valence-corrected chi connectivity index (χ2v) is 7.95. The van der Waals surface area contributed by atoms with E-state index in [9.17, 15) is 9.59 Å². The number of nitrogens with zero attached hydrogens (tertiary/aromatic N) is 1. The van der Waals surface area contributed by atoms with Crippen LogP contribution in [0.5, 0.6) is 0 Å². The first-order valence-corrected chi connectivity index (χ1v) is 10.3. The van der Waals surface area contributed by atoms with Crippen molar-refractivity contribution >= 4 is 17.6 Å². The number of imide groups is 1. The Hall–Kier alpha value is -2.08. The summed E-state index contributed by atoms with van der Waals surface area (Å²) in [6.07, 6.45) is 5.59. The zero-order valence-electron chi connectivity index (χ0n) is 16.6. The first-order valence-electron chi connectivity index (χ1n) is 10.3. The first kappa shape index (κ1) is 19.7. The minimum absolute atomic E-state index is 0.178. The highest BCUT2D eigenvalue weighted by Crippen LogP contribution is 2.19. The summed E-state index contributed by atoms with van der Waals surface area (Å²) in [6.45, 7) is 7.69. The Kier molecular flexibility index (Phi) is 6.72. The highest BCUT2D eigenvalue weighted by atomic mass is 16.2. The lowest BCUT2D eigenvalue weighted by Gasteiger charge is -2.36. The van der Waals surface area contributed by atoms with E-state index >= 15 is 0 Å². The summed E-state index contributed by atoms with van der Waals surface area (Å²) in [4.78, 5) is 28.2. The molecule has 6 nitrogen and oxygen atoms in total. The van der Waals surface area contributed by atoms with Gasteiger partial charge in [0.05, 0.1) is 26.2 Å². The van der Waals surface area contributed by atoms with Crippen molar-refractivity contribution in [2.75, 3.05) is 31.1 Å². The lowest BCUT2D eigenvalue weighted by molar-refractivity contribution is -0.914. The molecule has 0 aromatic heterocycles. The van der Waals surface area contributed by atoms with Crippen molar-refractivity contribution < 1.29 is 14.5 Å². The molecular weight excluding hydrogens is 340 g/mol. The van der Waals surface area contributed by atoms with Crippen LogP contribution in [0.15, 0.2) is 24.3 Å². The van der Waals surface area contributed by atoms with Gasteiger partial charge in [0, 0.05) is 11.7 Å². The van der Waals surface area contributed by atoms with Crippen LogP contribution in [0.4, 0.5) is 10.5 Å². The van der Waals surface area contributed by atoms with Gasteiger partial charge in [-0.05, 0) is 38.3 Å². The topological polar surface area (TPSA) is 65.9 Å². The summed E-state index contributed by atoms with van der Waals surface area (Å²) in [5.74, 6) is -0.178. The van der Waals surface area contributed by atoms with Crippen molar-refractivity contribution in [1.82, 2.24) is 10.6 Å². The molecule has 1 aliphatic heterocycles. The molecule has 3 rings (SSSR count). The molecule has 148 valence electrons. The Morgan fingerprint density at radius 1 is 1.11 bits per heavy atom. The lowest BCUT2D eigenvalue weighted by Crippen LogP contribution is -3.19. The molecule has 0 unspecified atom stereocenters. The Labute approximate surface area is 162 Å². The van der Waals surface area contributed by atoms with Crippen LogP contribution in [0.2, 0.25) is 0 Å². The van der Waals surface area contributed by atoms with Crippen molar-refractivity contribution in [3.8, 4) is 0 Å². The average molecular weight is 374 g/mol. The number of hydrogen-bond donors (Lipinski definition) is 3. The number of aryl methyl sites for hydroxylation is 1. The molecule has 0 bridgehead atoms. The average Bonchev–Trinajstić information content (AvgIpc) is 2.68. The van der Waals surface area contributed by atoms with Crippen LogP contribution in [0, 0.1) is 6.92 Å². The number of carbonyl (C=O) groups is 2. The minimum atomic E-state index is -0.336. The number of amides is 3. The summed E-state index contributed by atoms with van der Waals surface area (Å²) >= 11 is 0. The monoisotopic (exact) mass is 373 g/mol. The number of anilines is 1. The third-order valence-electron chi connectivity index (χ3n) is 6.04. The van der Waals surface area contributed by atoms with Crippen LogP contribution in [0.1, 0.15) is 44.6 Å². The molecule has 1 saturated heterocycles. The zero-order chi connectivity index (χ0) is 19.2. The summed E-state index contributed by atoms with van der Waals surface area (Å²) in [5, 5.41) is 5.51. The largest absolute Gasteiger partial charge is 0.360 e. The van der Waals surface area contributed by atoms with E-state index in [-0.39, 0.29) is 24.0 Å². The number of quaternary nitrogens is 1. The summed E-state index contributed by atoms with van der Waals surface area (Å²) in [5.41, 5.74) is 2.56. The summed E-state index contributed by atoms with van der Waals surface area (Å²) < 4.78 is 0. The second-order valence-electron chi connectivity index (χ2n) is 7.95. The predicted octanol–water partition coefficient (Wildman–Crippen LogP) is 1.25. The number of para-hydroxylation sites is 1. The van der Waals surface area contributed by atoms with E-state index < -0.39 is 0 Å². The number of carbonyl (C=O) groups excluding carboxylic acids is 2. The van der Waals surface area contributed by atoms with Crippen molar-refractivity contribution in [2.24, 2.45) is 0 Å². The molecule has 1 heterocycles. The van der Waals surface area contributed by atoms with Gasteiger partial charge in [0.15, 0.2) is 6.04 Å². The van der Waals surface area contributed by atoms with Gasteiger partial charge in [0.1, 0.15) is 0 Å². The fourth-order valence-electron chi connectivity index (χ4n) is 4.26. The predicted molar refractivity (Wildman–Crippen MR) is 107 cm³/mol. The third-order valence-corrected chi connectivity index (χ3v) is 6.04. The van der Waals surface area contributed by atoms with E-state index in [4.69, 9.17) is 0 Å². The molecule has 2 fully saturated rings. The van der Waals surface area contributed by atoms with E-state index in [0.717, 1.165) is 51.9 Å². The molecule has 0 radical (unpaired) electrons. The molecule has 2 aliphatic rings. The van der Waals surface area contributed by atoms with Gasteiger partial charge in [0.25, 0.3) is 5.91 Å². The maximum Gasteiger partial charge on any atom is 0.321 e. The van der Waals surface area contributed by atoms with Gasteiger partial charge in [-0.15, -0.1) is 0 Å². The van der Waals surface area contributed by atoms with Crippen LogP contribution >= 0.6 is 0 Å². The number of nitrogens with one attached hydrogen (secondary N) is 3. The molecule has 3 amide bonds. The van der Waals surface area contributed by atoms with Gasteiger partial charge in [-0.25, -0.2) is 4.79 Å². The van der Waals surface area contributed by atoms with Gasteiger partial charge >= 0.3 is 6.03 Å². The number of rotatable bonds is 4.